The minimum atomic E-state index is -0.605. The van der Waals surface area contributed by atoms with Crippen molar-refractivity contribution in [2.45, 2.75) is 38.3 Å². The SMILES string of the molecule is CC1C(CCCC2=NCCN2)NC(=N)C1O. The van der Waals surface area contributed by atoms with Crippen molar-refractivity contribution < 1.29 is 5.11 Å². The lowest BCUT2D eigenvalue weighted by molar-refractivity contribution is 0.180. The minimum absolute atomic E-state index is 0.144. The lowest BCUT2D eigenvalue weighted by atomic mass is 9.96. The molecule has 0 aromatic carbocycles. The fourth-order valence-electron chi connectivity index (χ4n) is 2.34. The fourth-order valence-corrected chi connectivity index (χ4v) is 2.34. The molecule has 0 amide bonds. The molecule has 0 radical (unpaired) electrons. The van der Waals surface area contributed by atoms with Gasteiger partial charge in [-0.3, -0.25) is 10.4 Å². The zero-order valence-corrected chi connectivity index (χ0v) is 9.66. The van der Waals surface area contributed by atoms with Crippen LogP contribution in [0.25, 0.3) is 0 Å². The van der Waals surface area contributed by atoms with E-state index >= 15 is 0 Å². The maximum Gasteiger partial charge on any atom is 0.123 e. The highest BCUT2D eigenvalue weighted by molar-refractivity contribution is 5.86. The van der Waals surface area contributed by atoms with Crippen LogP contribution in [0.3, 0.4) is 0 Å². The third-order valence-corrected chi connectivity index (χ3v) is 3.44. The van der Waals surface area contributed by atoms with Gasteiger partial charge in [-0.05, 0) is 12.8 Å². The molecule has 16 heavy (non-hydrogen) atoms. The van der Waals surface area contributed by atoms with E-state index in [2.05, 4.69) is 15.6 Å². The highest BCUT2D eigenvalue weighted by Crippen LogP contribution is 2.21. The summed E-state index contributed by atoms with van der Waals surface area (Å²) in [5, 5.41) is 23.4. The molecule has 1 fully saturated rings. The van der Waals surface area contributed by atoms with E-state index in [4.69, 9.17) is 5.41 Å². The van der Waals surface area contributed by atoms with E-state index in [-0.39, 0.29) is 17.8 Å². The Labute approximate surface area is 95.9 Å². The van der Waals surface area contributed by atoms with Gasteiger partial charge in [0.1, 0.15) is 11.9 Å². The quantitative estimate of drug-likeness (QED) is 0.547. The number of hydrogen-bond acceptors (Lipinski definition) is 4. The Morgan fingerprint density at radius 1 is 1.56 bits per heavy atom. The number of aliphatic hydroxyl groups excluding tert-OH is 1. The Bertz CT molecular complexity index is 302. The molecule has 5 heteroatoms. The summed E-state index contributed by atoms with van der Waals surface area (Å²) in [5.41, 5.74) is 0. The Morgan fingerprint density at radius 3 is 2.94 bits per heavy atom. The zero-order chi connectivity index (χ0) is 11.5. The van der Waals surface area contributed by atoms with Crippen LogP contribution in [0.15, 0.2) is 4.99 Å². The lowest BCUT2D eigenvalue weighted by Gasteiger charge is -2.15. The maximum atomic E-state index is 9.62. The average molecular weight is 224 g/mol. The van der Waals surface area contributed by atoms with E-state index in [1.807, 2.05) is 6.92 Å². The summed E-state index contributed by atoms with van der Waals surface area (Å²) in [6.07, 6.45) is 2.41. The molecular formula is C11H20N4O. The first-order valence-electron chi connectivity index (χ1n) is 5.98. The van der Waals surface area contributed by atoms with E-state index in [9.17, 15) is 5.11 Å². The van der Waals surface area contributed by atoms with Gasteiger partial charge in [0.05, 0.1) is 12.4 Å². The Morgan fingerprint density at radius 2 is 2.38 bits per heavy atom. The van der Waals surface area contributed by atoms with Crippen molar-refractivity contribution in [2.24, 2.45) is 10.9 Å². The van der Waals surface area contributed by atoms with Gasteiger partial charge in [-0.2, -0.15) is 0 Å². The largest absolute Gasteiger partial charge is 0.385 e. The van der Waals surface area contributed by atoms with Gasteiger partial charge in [-0.15, -0.1) is 0 Å². The molecule has 2 rings (SSSR count). The molecule has 2 aliphatic rings. The van der Waals surface area contributed by atoms with Crippen LogP contribution in [-0.4, -0.2) is 42.0 Å². The monoisotopic (exact) mass is 224 g/mol. The van der Waals surface area contributed by atoms with Gasteiger partial charge in [0, 0.05) is 24.9 Å². The van der Waals surface area contributed by atoms with Gasteiger partial charge in [-0.25, -0.2) is 0 Å². The molecule has 0 bridgehead atoms. The molecular weight excluding hydrogens is 204 g/mol. The molecule has 0 spiro atoms. The maximum absolute atomic E-state index is 9.62. The number of nitrogens with one attached hydrogen (secondary N) is 3. The summed E-state index contributed by atoms with van der Waals surface area (Å²) in [4.78, 5) is 4.34. The summed E-state index contributed by atoms with van der Waals surface area (Å²) < 4.78 is 0. The van der Waals surface area contributed by atoms with Gasteiger partial charge in [0.25, 0.3) is 0 Å². The predicted molar refractivity (Wildman–Crippen MR) is 64.0 cm³/mol. The van der Waals surface area contributed by atoms with E-state index in [1.54, 1.807) is 0 Å². The average Bonchev–Trinajstić information content (AvgIpc) is 2.85. The molecule has 0 aromatic heterocycles. The topological polar surface area (TPSA) is 80.5 Å². The summed E-state index contributed by atoms with van der Waals surface area (Å²) in [6.45, 7) is 3.86. The number of aliphatic imine (C=N–C) groups is 1. The molecule has 2 aliphatic heterocycles. The van der Waals surface area contributed by atoms with Crippen molar-refractivity contribution in [1.82, 2.24) is 10.6 Å². The Balaban J connectivity index is 1.72. The number of rotatable bonds is 4. The van der Waals surface area contributed by atoms with Crippen LogP contribution in [0.4, 0.5) is 0 Å². The smallest absolute Gasteiger partial charge is 0.123 e. The van der Waals surface area contributed by atoms with Crippen LogP contribution in [0.5, 0.6) is 0 Å². The molecule has 5 nitrogen and oxygen atoms in total. The lowest BCUT2D eigenvalue weighted by Crippen LogP contribution is -2.28. The van der Waals surface area contributed by atoms with E-state index < -0.39 is 6.10 Å². The highest BCUT2D eigenvalue weighted by Gasteiger charge is 2.34. The van der Waals surface area contributed by atoms with Gasteiger partial charge in [0.2, 0.25) is 0 Å². The van der Waals surface area contributed by atoms with Crippen LogP contribution in [0.2, 0.25) is 0 Å². The molecule has 90 valence electrons. The van der Waals surface area contributed by atoms with Crippen LogP contribution in [0, 0.1) is 11.3 Å². The third-order valence-electron chi connectivity index (χ3n) is 3.44. The fraction of sp³-hybridized carbons (Fsp3) is 0.818. The Kier molecular flexibility index (Phi) is 3.43. The minimum Gasteiger partial charge on any atom is -0.385 e. The summed E-state index contributed by atoms with van der Waals surface area (Å²) in [7, 11) is 0. The van der Waals surface area contributed by atoms with Crippen molar-refractivity contribution in [1.29, 1.82) is 5.41 Å². The molecule has 3 unspecified atom stereocenters. The summed E-state index contributed by atoms with van der Waals surface area (Å²) in [5.74, 6) is 1.53. The van der Waals surface area contributed by atoms with E-state index in [0.29, 0.717) is 0 Å². The zero-order valence-electron chi connectivity index (χ0n) is 9.66. The molecule has 1 saturated heterocycles. The van der Waals surface area contributed by atoms with Gasteiger partial charge in [-0.1, -0.05) is 6.92 Å². The molecule has 0 saturated carbocycles. The third kappa shape index (κ3) is 2.35. The number of amidine groups is 2. The first-order chi connectivity index (χ1) is 7.68. The van der Waals surface area contributed by atoms with Crippen LogP contribution in [-0.2, 0) is 0 Å². The Hall–Kier alpha value is -1.10. The summed E-state index contributed by atoms with van der Waals surface area (Å²) in [6, 6.07) is 0.240. The van der Waals surface area contributed by atoms with E-state index in [0.717, 1.165) is 38.2 Å². The second-order valence-electron chi connectivity index (χ2n) is 4.62. The summed E-state index contributed by atoms with van der Waals surface area (Å²) >= 11 is 0. The van der Waals surface area contributed by atoms with Crippen molar-refractivity contribution in [2.75, 3.05) is 13.1 Å². The number of nitrogens with zero attached hydrogens (tertiary/aromatic N) is 1. The van der Waals surface area contributed by atoms with Gasteiger partial charge < -0.3 is 15.7 Å². The first-order valence-corrected chi connectivity index (χ1v) is 5.98. The number of hydrogen-bond donors (Lipinski definition) is 4. The highest BCUT2D eigenvalue weighted by atomic mass is 16.3. The van der Waals surface area contributed by atoms with Crippen molar-refractivity contribution in [3.05, 3.63) is 0 Å². The van der Waals surface area contributed by atoms with Crippen LogP contribution < -0.4 is 10.6 Å². The normalized spacial score (nSPS) is 33.5. The van der Waals surface area contributed by atoms with Crippen LogP contribution >= 0.6 is 0 Å². The number of aliphatic hydroxyl groups is 1. The van der Waals surface area contributed by atoms with Gasteiger partial charge in [0.15, 0.2) is 0 Å². The predicted octanol–water partition coefficient (Wildman–Crippen LogP) is 0.104. The molecule has 2 heterocycles. The standard InChI is InChI=1S/C11H20N4O/c1-7-8(15-11(12)10(7)16)3-2-4-9-13-5-6-14-9/h7-8,10,16H,2-6H2,1H3,(H2,12,15)(H,13,14). The molecule has 0 aromatic rings. The van der Waals surface area contributed by atoms with E-state index in [1.165, 1.54) is 0 Å². The second-order valence-corrected chi connectivity index (χ2v) is 4.62. The first kappa shape index (κ1) is 11.4. The van der Waals surface area contributed by atoms with Crippen molar-refractivity contribution >= 4 is 11.7 Å². The van der Waals surface area contributed by atoms with Crippen molar-refractivity contribution in [3.8, 4) is 0 Å². The second kappa shape index (κ2) is 4.82. The van der Waals surface area contributed by atoms with Crippen LogP contribution in [0.1, 0.15) is 26.2 Å². The molecule has 0 aliphatic carbocycles. The molecule has 4 N–H and O–H groups in total. The van der Waals surface area contributed by atoms with Gasteiger partial charge >= 0.3 is 0 Å². The van der Waals surface area contributed by atoms with Crippen molar-refractivity contribution in [3.63, 3.8) is 0 Å². The molecule has 3 atom stereocenters.